The molecule has 322 valence electrons. The Hall–Kier alpha value is -3.70. The summed E-state index contributed by atoms with van der Waals surface area (Å²) >= 11 is 2.33. The number of anilines is 1. The van der Waals surface area contributed by atoms with Gasteiger partial charge in [0.15, 0.2) is 6.10 Å². The van der Waals surface area contributed by atoms with Gasteiger partial charge in [-0.25, -0.2) is 4.79 Å². The molecule has 2 unspecified atom stereocenters. The number of fused-ring (bicyclic) bond motifs is 6. The zero-order chi connectivity index (χ0) is 42.7. The number of likely N-dealkylation sites (N-methyl/N-ethyl adjacent to an activating group) is 1. The zero-order valence-electron chi connectivity index (χ0n) is 35.6. The highest BCUT2D eigenvalue weighted by Gasteiger charge is 2.80. The summed E-state index contributed by atoms with van der Waals surface area (Å²) in [5, 5.41) is 26.4. The smallest absolute Gasteiger partial charge is 0.344 e. The van der Waals surface area contributed by atoms with Crippen LogP contribution >= 0.6 is 22.6 Å². The lowest BCUT2D eigenvalue weighted by Gasteiger charge is -2.63. The number of carbonyl (C=O) groups is 3. The number of ether oxygens (including phenoxy) is 4. The standard InChI is InChI=1S/C46H57IN4O9/c1-8-42(55)22-27-23-45(40(53)58-6,36-29(13-17-50(24-27)25-42)30-19-28(47)11-12-33(30)48-36)32-20-31-34(21-35(32)57-5)49(4)38-44(31)15-18-51-16-10-14-43(9-2,37(44)51)39(60-26(3)52)46(38,56)41(54)59-7/h10-12,14,19-21,27,37-39,48,55-56H,8-9,13,15-18,22-25H2,1-7H3/t27-,37-,38+,39+,42-,43+,44+,45-,46?/m0/s1. The zero-order valence-corrected chi connectivity index (χ0v) is 37.8. The average molecular weight is 937 g/mol. The van der Waals surface area contributed by atoms with Crippen LogP contribution in [0.25, 0.3) is 10.9 Å². The molecular formula is C46H57IN4O9. The third kappa shape index (κ3) is 5.45. The molecule has 5 aliphatic heterocycles. The molecule has 0 radical (unpaired) electrons. The van der Waals surface area contributed by atoms with Crippen molar-refractivity contribution >= 4 is 57.1 Å². The molecule has 6 heterocycles. The fraction of sp³-hybridized carbons (Fsp3) is 0.587. The molecule has 2 bridgehead atoms. The first-order valence-corrected chi connectivity index (χ1v) is 22.4. The predicted molar refractivity (Wildman–Crippen MR) is 233 cm³/mol. The second-order valence-corrected chi connectivity index (χ2v) is 19.6. The minimum atomic E-state index is -2.30. The predicted octanol–water partition coefficient (Wildman–Crippen LogP) is 4.60. The van der Waals surface area contributed by atoms with Crippen molar-refractivity contribution in [3.8, 4) is 5.75 Å². The molecular weight excluding hydrogens is 879 g/mol. The topological polar surface area (TPSA) is 154 Å². The van der Waals surface area contributed by atoms with Crippen molar-refractivity contribution in [1.82, 2.24) is 14.8 Å². The van der Waals surface area contributed by atoms with Crippen LogP contribution < -0.4 is 9.64 Å². The fourth-order valence-electron chi connectivity index (χ4n) is 13.5. The number of aliphatic hydroxyl groups is 2. The van der Waals surface area contributed by atoms with Gasteiger partial charge in [-0.05, 0) is 109 Å². The monoisotopic (exact) mass is 936 g/mol. The number of nitrogens with zero attached hydrogens (tertiary/aromatic N) is 3. The summed E-state index contributed by atoms with van der Waals surface area (Å²) in [6.45, 7) is 8.62. The van der Waals surface area contributed by atoms with Crippen LogP contribution in [-0.2, 0) is 45.8 Å². The minimum Gasteiger partial charge on any atom is -0.496 e. The number of halogens is 1. The Kier molecular flexibility index (Phi) is 10.0. The van der Waals surface area contributed by atoms with E-state index in [0.717, 1.165) is 37.0 Å². The molecule has 1 aromatic heterocycles. The van der Waals surface area contributed by atoms with E-state index in [1.807, 2.05) is 31.9 Å². The largest absolute Gasteiger partial charge is 0.496 e. The van der Waals surface area contributed by atoms with Gasteiger partial charge in [0, 0.05) is 94.5 Å². The first-order chi connectivity index (χ1) is 28.6. The van der Waals surface area contributed by atoms with E-state index < -0.39 is 57.5 Å². The number of aromatic nitrogens is 1. The van der Waals surface area contributed by atoms with Crippen LogP contribution in [0.4, 0.5) is 5.69 Å². The van der Waals surface area contributed by atoms with Crippen LogP contribution in [0.5, 0.6) is 5.75 Å². The second kappa shape index (κ2) is 14.4. The number of H-pyrrole nitrogens is 1. The van der Waals surface area contributed by atoms with E-state index in [1.54, 1.807) is 7.11 Å². The summed E-state index contributed by atoms with van der Waals surface area (Å²) in [5.74, 6) is -1.57. The molecule has 6 aliphatic rings. The highest BCUT2D eigenvalue weighted by atomic mass is 127. The van der Waals surface area contributed by atoms with Gasteiger partial charge in [0.1, 0.15) is 11.2 Å². The molecule has 2 saturated heterocycles. The molecule has 9 rings (SSSR count). The normalized spacial score (nSPS) is 36.6. The highest BCUT2D eigenvalue weighted by Crippen LogP contribution is 2.68. The van der Waals surface area contributed by atoms with E-state index in [9.17, 15) is 19.8 Å². The number of carbonyl (C=O) groups excluding carboxylic acids is 3. The number of hydrogen-bond acceptors (Lipinski definition) is 12. The Morgan fingerprint density at radius 1 is 0.967 bits per heavy atom. The number of piperidine rings is 1. The number of esters is 3. The van der Waals surface area contributed by atoms with Crippen molar-refractivity contribution in [2.75, 3.05) is 66.0 Å². The summed E-state index contributed by atoms with van der Waals surface area (Å²) in [7, 11) is 6.16. The van der Waals surface area contributed by atoms with E-state index >= 15 is 4.79 Å². The molecule has 1 saturated carbocycles. The van der Waals surface area contributed by atoms with Gasteiger partial charge in [-0.15, -0.1) is 0 Å². The van der Waals surface area contributed by atoms with Crippen molar-refractivity contribution in [2.24, 2.45) is 11.3 Å². The maximum Gasteiger partial charge on any atom is 0.344 e. The first-order valence-electron chi connectivity index (χ1n) is 21.3. The van der Waals surface area contributed by atoms with E-state index in [0.29, 0.717) is 82.6 Å². The lowest BCUT2D eigenvalue weighted by atomic mass is 9.47. The third-order valence-corrected chi connectivity index (χ3v) is 16.3. The molecule has 3 N–H and O–H groups in total. The summed E-state index contributed by atoms with van der Waals surface area (Å²) < 4.78 is 25.1. The highest BCUT2D eigenvalue weighted by molar-refractivity contribution is 14.1. The molecule has 13 nitrogen and oxygen atoms in total. The second-order valence-electron chi connectivity index (χ2n) is 18.3. The molecule has 1 aliphatic carbocycles. The SMILES string of the molecule is CC[C@]1(O)C[C@@H]2CN(CCc3c([nH]c4ccc(I)cc34)[C@@](C(=O)OC)(c3cc4c(cc3OC)N(C)[C@H]3C(O)(C(=O)OC)[C@H](OC(C)=O)[C@]5(CC)C=CCN6CC[C@]43[C@@H]65)C2)C1. The summed E-state index contributed by atoms with van der Waals surface area (Å²) in [4.78, 5) is 53.3. The van der Waals surface area contributed by atoms with E-state index in [2.05, 4.69) is 73.8 Å². The molecule has 2 aromatic carbocycles. The summed E-state index contributed by atoms with van der Waals surface area (Å²) in [5.41, 5.74) is -1.64. The molecule has 14 heteroatoms. The van der Waals surface area contributed by atoms with Crippen LogP contribution in [0.3, 0.4) is 0 Å². The van der Waals surface area contributed by atoms with Crippen molar-refractivity contribution < 1.29 is 43.5 Å². The van der Waals surface area contributed by atoms with Gasteiger partial charge in [-0.1, -0.05) is 26.0 Å². The van der Waals surface area contributed by atoms with Gasteiger partial charge in [-0.2, -0.15) is 0 Å². The Labute approximate surface area is 364 Å². The van der Waals surface area contributed by atoms with Crippen LogP contribution in [0.2, 0.25) is 0 Å². The van der Waals surface area contributed by atoms with Crippen molar-refractivity contribution in [1.29, 1.82) is 0 Å². The maximum atomic E-state index is 15.4. The summed E-state index contributed by atoms with van der Waals surface area (Å²) in [6, 6.07) is 9.11. The first kappa shape index (κ1) is 41.6. The van der Waals surface area contributed by atoms with Crippen molar-refractivity contribution in [3.05, 3.63) is 68.4 Å². The molecule has 3 fully saturated rings. The quantitative estimate of drug-likeness (QED) is 0.132. The van der Waals surface area contributed by atoms with Crippen LogP contribution in [0.15, 0.2) is 42.5 Å². The van der Waals surface area contributed by atoms with Crippen LogP contribution in [0, 0.1) is 14.9 Å². The average Bonchev–Trinajstić information content (AvgIpc) is 3.89. The van der Waals surface area contributed by atoms with Gasteiger partial charge >= 0.3 is 17.9 Å². The summed E-state index contributed by atoms with van der Waals surface area (Å²) in [6.07, 6.45) is 5.93. The van der Waals surface area contributed by atoms with Gasteiger partial charge in [0.05, 0.1) is 33.0 Å². The Bertz CT molecular complexity index is 2320. The number of hydrogen-bond donors (Lipinski definition) is 3. The number of aromatic amines is 1. The number of benzene rings is 2. The number of methoxy groups -OCH3 is 3. The van der Waals surface area contributed by atoms with Gasteiger partial charge < -0.3 is 39.0 Å². The number of rotatable bonds is 7. The Balaban J connectivity index is 1.37. The van der Waals surface area contributed by atoms with Gasteiger partial charge in [0.25, 0.3) is 0 Å². The van der Waals surface area contributed by atoms with Crippen LogP contribution in [0.1, 0.15) is 75.3 Å². The molecule has 60 heavy (non-hydrogen) atoms. The van der Waals surface area contributed by atoms with Crippen molar-refractivity contribution in [2.45, 2.75) is 99.5 Å². The fourth-order valence-corrected chi connectivity index (χ4v) is 14.0. The minimum absolute atomic E-state index is 0.103. The molecule has 1 spiro atoms. The number of nitrogens with one attached hydrogen (secondary N) is 1. The Morgan fingerprint density at radius 3 is 2.42 bits per heavy atom. The molecule has 0 amide bonds. The van der Waals surface area contributed by atoms with Gasteiger partial charge in [-0.3, -0.25) is 19.4 Å². The van der Waals surface area contributed by atoms with E-state index in [4.69, 9.17) is 18.9 Å². The van der Waals surface area contributed by atoms with E-state index in [1.165, 1.54) is 21.1 Å². The van der Waals surface area contributed by atoms with Crippen LogP contribution in [-0.4, -0.2) is 133 Å². The lowest BCUT2D eigenvalue weighted by molar-refractivity contribution is -0.228. The van der Waals surface area contributed by atoms with E-state index in [-0.39, 0.29) is 12.0 Å². The van der Waals surface area contributed by atoms with Gasteiger partial charge in [0.2, 0.25) is 5.60 Å². The Morgan fingerprint density at radius 2 is 1.73 bits per heavy atom. The molecule has 3 aromatic rings. The van der Waals surface area contributed by atoms with Crippen molar-refractivity contribution in [3.63, 3.8) is 0 Å². The molecule has 10 atom stereocenters. The third-order valence-electron chi connectivity index (χ3n) is 15.7. The lowest BCUT2D eigenvalue weighted by Crippen LogP contribution is -2.81. The maximum absolute atomic E-state index is 15.4.